The van der Waals surface area contributed by atoms with Crippen molar-refractivity contribution in [3.05, 3.63) is 64.2 Å². The van der Waals surface area contributed by atoms with E-state index in [-0.39, 0.29) is 6.42 Å². The summed E-state index contributed by atoms with van der Waals surface area (Å²) in [5.74, 6) is -0.475. The summed E-state index contributed by atoms with van der Waals surface area (Å²) in [6.07, 6.45) is -2.60. The smallest absolute Gasteiger partial charge is 0.197 e. The van der Waals surface area contributed by atoms with Gasteiger partial charge in [0.25, 0.3) is 0 Å². The average Bonchev–Trinajstić information content (AvgIpc) is 2.80. The van der Waals surface area contributed by atoms with E-state index in [1.54, 1.807) is 12.1 Å². The Labute approximate surface area is 189 Å². The van der Waals surface area contributed by atoms with Crippen molar-refractivity contribution in [2.45, 2.75) is 57.7 Å². The van der Waals surface area contributed by atoms with E-state index in [1.165, 1.54) is 7.11 Å². The Morgan fingerprint density at radius 1 is 1.13 bits per heavy atom. The summed E-state index contributed by atoms with van der Waals surface area (Å²) in [6, 6.07) is 13.2. The van der Waals surface area contributed by atoms with E-state index in [0.29, 0.717) is 23.6 Å². The van der Waals surface area contributed by atoms with Crippen LogP contribution in [0.25, 0.3) is 0 Å². The molecular formula is C24H33ClO6. The summed E-state index contributed by atoms with van der Waals surface area (Å²) in [6.45, 7) is 6.12. The third-order valence-electron chi connectivity index (χ3n) is 5.22. The van der Waals surface area contributed by atoms with E-state index in [4.69, 9.17) is 25.8 Å². The van der Waals surface area contributed by atoms with Crippen molar-refractivity contribution in [2.24, 2.45) is 0 Å². The highest BCUT2D eigenvalue weighted by atomic mass is 35.5. The molecule has 3 N–H and O–H groups in total. The SMILES string of the molecule is CC.CCOc1ccc(Cc2cc([C@@]3(OC)CC(O)[C@H](O)C(CO)O3)ccc2Cl)cc1. The van der Waals surface area contributed by atoms with Crippen LogP contribution >= 0.6 is 11.6 Å². The highest BCUT2D eigenvalue weighted by molar-refractivity contribution is 6.31. The van der Waals surface area contributed by atoms with E-state index in [0.717, 1.165) is 16.9 Å². The fourth-order valence-corrected chi connectivity index (χ4v) is 3.81. The molecule has 0 bridgehead atoms. The summed E-state index contributed by atoms with van der Waals surface area (Å²) in [4.78, 5) is 0. The van der Waals surface area contributed by atoms with Crippen LogP contribution in [0.1, 0.15) is 43.9 Å². The second-order valence-electron chi connectivity index (χ2n) is 7.12. The first-order chi connectivity index (χ1) is 14.9. The van der Waals surface area contributed by atoms with Gasteiger partial charge in [-0.2, -0.15) is 0 Å². The van der Waals surface area contributed by atoms with Gasteiger partial charge in [-0.25, -0.2) is 0 Å². The minimum atomic E-state index is -1.29. The predicted octanol–water partition coefficient (Wildman–Crippen LogP) is 3.66. The van der Waals surface area contributed by atoms with Crippen molar-refractivity contribution in [3.63, 3.8) is 0 Å². The lowest BCUT2D eigenvalue weighted by Gasteiger charge is -2.44. The lowest BCUT2D eigenvalue weighted by molar-refractivity contribution is -0.323. The highest BCUT2D eigenvalue weighted by Gasteiger charge is 2.47. The van der Waals surface area contributed by atoms with Crippen LogP contribution in [0.2, 0.25) is 5.02 Å². The number of rotatable bonds is 7. The first kappa shape index (κ1) is 25.6. The molecule has 172 valence electrons. The lowest BCUT2D eigenvalue weighted by Crippen LogP contribution is -2.55. The quantitative estimate of drug-likeness (QED) is 0.594. The van der Waals surface area contributed by atoms with Crippen LogP contribution in [0.15, 0.2) is 42.5 Å². The molecule has 31 heavy (non-hydrogen) atoms. The van der Waals surface area contributed by atoms with Gasteiger partial charge in [-0.1, -0.05) is 43.6 Å². The monoisotopic (exact) mass is 452 g/mol. The Hall–Kier alpha value is -1.67. The van der Waals surface area contributed by atoms with Crippen LogP contribution in [0.4, 0.5) is 0 Å². The molecule has 1 saturated heterocycles. The fraction of sp³-hybridized carbons (Fsp3) is 0.500. The van der Waals surface area contributed by atoms with Gasteiger partial charge in [-0.05, 0) is 48.7 Å². The molecule has 1 heterocycles. The van der Waals surface area contributed by atoms with E-state index < -0.39 is 30.7 Å². The molecule has 1 aliphatic rings. The summed E-state index contributed by atoms with van der Waals surface area (Å²) in [7, 11) is 1.47. The van der Waals surface area contributed by atoms with Gasteiger partial charge < -0.3 is 29.5 Å². The molecule has 2 aromatic rings. The molecule has 1 aliphatic heterocycles. The maximum absolute atomic E-state index is 10.3. The van der Waals surface area contributed by atoms with Crippen molar-refractivity contribution in [3.8, 4) is 5.75 Å². The van der Waals surface area contributed by atoms with Crippen molar-refractivity contribution in [1.82, 2.24) is 0 Å². The molecule has 0 aromatic heterocycles. The van der Waals surface area contributed by atoms with Gasteiger partial charge >= 0.3 is 0 Å². The minimum Gasteiger partial charge on any atom is -0.494 e. The number of aliphatic hydroxyl groups is 3. The summed E-state index contributed by atoms with van der Waals surface area (Å²) >= 11 is 6.43. The van der Waals surface area contributed by atoms with Gasteiger partial charge in [0.15, 0.2) is 5.79 Å². The Morgan fingerprint density at radius 3 is 2.39 bits per heavy atom. The molecule has 0 aliphatic carbocycles. The van der Waals surface area contributed by atoms with Crippen LogP contribution < -0.4 is 4.74 Å². The lowest BCUT2D eigenvalue weighted by atomic mass is 9.89. The summed E-state index contributed by atoms with van der Waals surface area (Å²) in [5, 5.41) is 30.4. The first-order valence-electron chi connectivity index (χ1n) is 10.6. The molecule has 7 heteroatoms. The number of halogens is 1. The van der Waals surface area contributed by atoms with Crippen LogP contribution in [0, 0.1) is 0 Å². The van der Waals surface area contributed by atoms with Crippen molar-refractivity contribution in [1.29, 1.82) is 0 Å². The molecule has 4 atom stereocenters. The van der Waals surface area contributed by atoms with E-state index in [2.05, 4.69) is 0 Å². The van der Waals surface area contributed by atoms with Crippen LogP contribution in [0.5, 0.6) is 5.75 Å². The topological polar surface area (TPSA) is 88.4 Å². The van der Waals surface area contributed by atoms with E-state index in [9.17, 15) is 15.3 Å². The van der Waals surface area contributed by atoms with Crippen LogP contribution in [0.3, 0.4) is 0 Å². The fourth-order valence-electron chi connectivity index (χ4n) is 3.62. The number of hydrogen-bond acceptors (Lipinski definition) is 6. The zero-order chi connectivity index (χ0) is 23.0. The zero-order valence-corrected chi connectivity index (χ0v) is 19.3. The Balaban J connectivity index is 0.00000166. The van der Waals surface area contributed by atoms with Gasteiger partial charge in [0.2, 0.25) is 0 Å². The molecule has 1 fully saturated rings. The van der Waals surface area contributed by atoms with E-state index >= 15 is 0 Å². The van der Waals surface area contributed by atoms with Gasteiger partial charge in [0, 0.05) is 24.1 Å². The molecule has 6 nitrogen and oxygen atoms in total. The van der Waals surface area contributed by atoms with Crippen LogP contribution in [-0.2, 0) is 21.7 Å². The largest absolute Gasteiger partial charge is 0.494 e. The maximum atomic E-state index is 10.3. The van der Waals surface area contributed by atoms with Gasteiger partial charge in [0.1, 0.15) is 18.0 Å². The second kappa shape index (κ2) is 11.8. The molecule has 0 saturated carbocycles. The van der Waals surface area contributed by atoms with Gasteiger partial charge in [-0.15, -0.1) is 0 Å². The summed E-state index contributed by atoms with van der Waals surface area (Å²) in [5.41, 5.74) is 2.59. The second-order valence-corrected chi connectivity index (χ2v) is 7.53. The molecular weight excluding hydrogens is 420 g/mol. The number of aliphatic hydroxyl groups excluding tert-OH is 3. The van der Waals surface area contributed by atoms with Crippen molar-refractivity contribution >= 4 is 11.6 Å². The first-order valence-corrected chi connectivity index (χ1v) is 11.0. The number of methoxy groups -OCH3 is 1. The van der Waals surface area contributed by atoms with Crippen LogP contribution in [-0.4, -0.2) is 54.0 Å². The normalized spacial score (nSPS) is 25.5. The minimum absolute atomic E-state index is 0.0330. The number of ether oxygens (including phenoxy) is 3. The molecule has 2 aromatic carbocycles. The highest BCUT2D eigenvalue weighted by Crippen LogP contribution is 2.40. The predicted molar refractivity (Wildman–Crippen MR) is 120 cm³/mol. The molecule has 0 amide bonds. The van der Waals surface area contributed by atoms with Crippen molar-refractivity contribution < 1.29 is 29.5 Å². The van der Waals surface area contributed by atoms with Gasteiger partial charge in [-0.3, -0.25) is 0 Å². The Bertz CT molecular complexity index is 812. The molecule has 3 rings (SSSR count). The Morgan fingerprint density at radius 2 is 1.81 bits per heavy atom. The van der Waals surface area contributed by atoms with Gasteiger partial charge in [0.05, 0.1) is 19.3 Å². The third-order valence-corrected chi connectivity index (χ3v) is 5.59. The summed E-state index contributed by atoms with van der Waals surface area (Å²) < 4.78 is 17.0. The van der Waals surface area contributed by atoms with E-state index in [1.807, 2.05) is 51.1 Å². The maximum Gasteiger partial charge on any atom is 0.197 e. The van der Waals surface area contributed by atoms with Crippen molar-refractivity contribution in [2.75, 3.05) is 20.3 Å². The third kappa shape index (κ3) is 5.98. The average molecular weight is 453 g/mol. The molecule has 0 spiro atoms. The number of benzene rings is 2. The zero-order valence-electron chi connectivity index (χ0n) is 18.5. The Kier molecular flexibility index (Phi) is 9.75. The molecule has 2 unspecified atom stereocenters. The standard InChI is InChI=1S/C22H27ClO6.C2H6/c1-3-28-17-7-4-14(5-8-17)10-15-11-16(6-9-18(15)23)22(27-2)12-19(25)21(26)20(13-24)29-22;1-2/h4-9,11,19-21,24-26H,3,10,12-13H2,1-2H3;1-2H3/t19?,20?,21-,22+;/m0./s1. The number of hydrogen-bond donors (Lipinski definition) is 3. The molecule has 0 radical (unpaired) electrons.